The van der Waals surface area contributed by atoms with Crippen LogP contribution in [0.15, 0.2) is 53.3 Å². The first-order chi connectivity index (χ1) is 15.0. The monoisotopic (exact) mass is 418 g/mol. The summed E-state index contributed by atoms with van der Waals surface area (Å²) >= 11 is 0. The zero-order chi connectivity index (χ0) is 21.8. The van der Waals surface area contributed by atoms with E-state index in [4.69, 9.17) is 0 Å². The molecule has 0 saturated heterocycles. The summed E-state index contributed by atoms with van der Waals surface area (Å²) in [5, 5.41) is 6.32. The lowest BCUT2D eigenvalue weighted by Gasteiger charge is -2.13. The number of anilines is 1. The summed E-state index contributed by atoms with van der Waals surface area (Å²) in [5.74, 6) is 0.385. The van der Waals surface area contributed by atoms with Gasteiger partial charge in [0.15, 0.2) is 0 Å². The number of rotatable bonds is 6. The highest BCUT2D eigenvalue weighted by Crippen LogP contribution is 2.26. The molecule has 3 aromatic rings. The van der Waals surface area contributed by atoms with Crippen LogP contribution >= 0.6 is 0 Å². The number of amides is 2. The highest BCUT2D eigenvalue weighted by molar-refractivity contribution is 5.92. The summed E-state index contributed by atoms with van der Waals surface area (Å²) in [5.41, 5.74) is 2.00. The Balaban J connectivity index is 1.39. The number of aryl methyl sites for hydroxylation is 1. The van der Waals surface area contributed by atoms with Crippen molar-refractivity contribution in [3.8, 4) is 0 Å². The van der Waals surface area contributed by atoms with E-state index in [1.807, 2.05) is 30.3 Å². The Morgan fingerprint density at radius 1 is 1.10 bits per heavy atom. The number of benzene rings is 2. The maximum atomic E-state index is 12.7. The van der Waals surface area contributed by atoms with E-state index in [2.05, 4.69) is 15.6 Å². The van der Waals surface area contributed by atoms with Crippen LogP contribution in [0.25, 0.3) is 10.9 Å². The van der Waals surface area contributed by atoms with E-state index in [0.717, 1.165) is 36.9 Å². The van der Waals surface area contributed by atoms with Gasteiger partial charge in [-0.3, -0.25) is 19.0 Å². The van der Waals surface area contributed by atoms with Gasteiger partial charge in [-0.25, -0.2) is 4.98 Å². The molecule has 1 fully saturated rings. The van der Waals surface area contributed by atoms with E-state index in [1.54, 1.807) is 25.1 Å². The summed E-state index contributed by atoms with van der Waals surface area (Å²) < 4.78 is 1.38. The van der Waals surface area contributed by atoms with Gasteiger partial charge >= 0.3 is 0 Å². The van der Waals surface area contributed by atoms with Crippen molar-refractivity contribution >= 4 is 28.4 Å². The zero-order valence-corrected chi connectivity index (χ0v) is 17.6. The fourth-order valence-electron chi connectivity index (χ4n) is 4.06. The van der Waals surface area contributed by atoms with E-state index in [9.17, 15) is 14.4 Å². The maximum Gasteiger partial charge on any atom is 0.261 e. The highest BCUT2D eigenvalue weighted by atomic mass is 16.2. The molecule has 0 spiro atoms. The molecule has 1 heterocycles. The Hall–Kier alpha value is -3.48. The van der Waals surface area contributed by atoms with Gasteiger partial charge in [0.05, 0.1) is 10.9 Å². The number of aromatic nitrogens is 2. The van der Waals surface area contributed by atoms with E-state index >= 15 is 0 Å². The quantitative estimate of drug-likeness (QED) is 0.643. The van der Waals surface area contributed by atoms with Gasteiger partial charge in [0.2, 0.25) is 11.8 Å². The molecule has 7 heteroatoms. The Kier molecular flexibility index (Phi) is 6.11. The summed E-state index contributed by atoms with van der Waals surface area (Å²) in [4.78, 5) is 42.0. The maximum absolute atomic E-state index is 12.7. The van der Waals surface area contributed by atoms with Crippen LogP contribution in [0.2, 0.25) is 0 Å². The molecule has 0 bridgehead atoms. The molecule has 1 aliphatic rings. The van der Waals surface area contributed by atoms with Crippen molar-refractivity contribution in [1.29, 1.82) is 0 Å². The number of fused-ring (bicyclic) bond motifs is 1. The second-order valence-corrected chi connectivity index (χ2v) is 8.02. The van der Waals surface area contributed by atoms with Crippen LogP contribution in [0.3, 0.4) is 0 Å². The first-order valence-corrected chi connectivity index (χ1v) is 10.6. The number of nitrogens with one attached hydrogen (secondary N) is 2. The van der Waals surface area contributed by atoms with E-state index in [0.29, 0.717) is 23.3 Å². The minimum absolute atomic E-state index is 0.0670. The third-order valence-corrected chi connectivity index (χ3v) is 5.76. The molecule has 160 valence electrons. The third kappa shape index (κ3) is 4.82. The number of hydrogen-bond acceptors (Lipinski definition) is 4. The second kappa shape index (κ2) is 9.12. The molecule has 31 heavy (non-hydrogen) atoms. The molecule has 1 saturated carbocycles. The van der Waals surface area contributed by atoms with Gasteiger partial charge in [-0.15, -0.1) is 0 Å². The van der Waals surface area contributed by atoms with Crippen molar-refractivity contribution in [2.45, 2.75) is 45.7 Å². The van der Waals surface area contributed by atoms with Crippen LogP contribution in [0.4, 0.5) is 5.69 Å². The molecule has 0 radical (unpaired) electrons. The Labute approximate surface area is 180 Å². The zero-order valence-electron chi connectivity index (χ0n) is 17.6. The molecule has 2 aromatic carbocycles. The Bertz CT molecular complexity index is 1180. The van der Waals surface area contributed by atoms with Crippen molar-refractivity contribution < 1.29 is 9.59 Å². The third-order valence-electron chi connectivity index (χ3n) is 5.76. The summed E-state index contributed by atoms with van der Waals surface area (Å²) in [7, 11) is 0. The van der Waals surface area contributed by atoms with Gasteiger partial charge in [0.1, 0.15) is 12.4 Å². The first-order valence-electron chi connectivity index (χ1n) is 10.6. The van der Waals surface area contributed by atoms with Gasteiger partial charge in [-0.2, -0.15) is 0 Å². The minimum atomic E-state index is -0.275. The fourth-order valence-corrected chi connectivity index (χ4v) is 4.06. The van der Waals surface area contributed by atoms with Crippen LogP contribution in [-0.2, 0) is 22.7 Å². The van der Waals surface area contributed by atoms with Gasteiger partial charge in [0.25, 0.3) is 5.56 Å². The molecule has 1 aliphatic carbocycles. The van der Waals surface area contributed by atoms with Crippen LogP contribution in [-0.4, -0.2) is 21.4 Å². The van der Waals surface area contributed by atoms with E-state index in [-0.39, 0.29) is 29.8 Å². The largest absolute Gasteiger partial charge is 0.350 e. The van der Waals surface area contributed by atoms with Crippen LogP contribution < -0.4 is 16.2 Å². The summed E-state index contributed by atoms with van der Waals surface area (Å²) in [6.07, 6.45) is 4.12. The SMILES string of the molecule is Cc1nc2ccccc2c(=O)n1CC(=O)NCc1cccc(NC(=O)C2CCCC2)c1. The lowest BCUT2D eigenvalue weighted by Crippen LogP contribution is -2.33. The smallest absolute Gasteiger partial charge is 0.261 e. The topological polar surface area (TPSA) is 93.1 Å². The van der Waals surface area contributed by atoms with Gasteiger partial charge in [-0.1, -0.05) is 37.1 Å². The van der Waals surface area contributed by atoms with Crippen LogP contribution in [0, 0.1) is 12.8 Å². The first kappa shape index (κ1) is 20.8. The average molecular weight is 418 g/mol. The van der Waals surface area contributed by atoms with Gasteiger partial charge < -0.3 is 10.6 Å². The standard InChI is InChI=1S/C24H26N4O3/c1-16-26-21-12-5-4-11-20(21)24(31)28(16)15-22(29)25-14-17-7-6-10-19(13-17)27-23(30)18-8-2-3-9-18/h4-7,10-13,18H,2-3,8-9,14-15H2,1H3,(H,25,29)(H,27,30). The average Bonchev–Trinajstić information content (AvgIpc) is 3.31. The van der Waals surface area contributed by atoms with Gasteiger partial charge in [0, 0.05) is 18.2 Å². The minimum Gasteiger partial charge on any atom is -0.350 e. The molecular weight excluding hydrogens is 392 g/mol. The fraction of sp³-hybridized carbons (Fsp3) is 0.333. The molecule has 0 aliphatic heterocycles. The number of nitrogens with zero attached hydrogens (tertiary/aromatic N) is 2. The van der Waals surface area contributed by atoms with Crippen LogP contribution in [0.1, 0.15) is 37.1 Å². The predicted octanol–water partition coefficient (Wildman–Crippen LogP) is 3.15. The lowest BCUT2D eigenvalue weighted by molar-refractivity contribution is -0.122. The molecule has 7 nitrogen and oxygen atoms in total. The van der Waals surface area contributed by atoms with Crippen molar-refractivity contribution in [2.75, 3.05) is 5.32 Å². The van der Waals surface area contributed by atoms with Crippen molar-refractivity contribution in [3.05, 3.63) is 70.3 Å². The predicted molar refractivity (Wildman–Crippen MR) is 120 cm³/mol. The number of para-hydroxylation sites is 1. The molecule has 0 unspecified atom stereocenters. The number of carbonyl (C=O) groups excluding carboxylic acids is 2. The van der Waals surface area contributed by atoms with E-state index < -0.39 is 0 Å². The molecule has 1 aromatic heterocycles. The normalized spacial score (nSPS) is 14.0. The molecular formula is C24H26N4O3. The van der Waals surface area contributed by atoms with Gasteiger partial charge in [-0.05, 0) is 49.6 Å². The molecule has 0 atom stereocenters. The molecule has 4 rings (SSSR count). The highest BCUT2D eigenvalue weighted by Gasteiger charge is 2.22. The van der Waals surface area contributed by atoms with Crippen molar-refractivity contribution in [1.82, 2.24) is 14.9 Å². The van der Waals surface area contributed by atoms with Crippen molar-refractivity contribution in [3.63, 3.8) is 0 Å². The molecule has 2 N–H and O–H groups in total. The van der Waals surface area contributed by atoms with Crippen LogP contribution in [0.5, 0.6) is 0 Å². The number of hydrogen-bond donors (Lipinski definition) is 2. The lowest BCUT2D eigenvalue weighted by atomic mass is 10.1. The molecule has 2 amide bonds. The van der Waals surface area contributed by atoms with E-state index in [1.165, 1.54) is 4.57 Å². The summed E-state index contributed by atoms with van der Waals surface area (Å²) in [6, 6.07) is 14.6. The van der Waals surface area contributed by atoms with Crippen molar-refractivity contribution in [2.24, 2.45) is 5.92 Å². The Morgan fingerprint density at radius 2 is 1.87 bits per heavy atom. The Morgan fingerprint density at radius 3 is 2.68 bits per heavy atom. The number of carbonyl (C=O) groups is 2. The summed E-state index contributed by atoms with van der Waals surface area (Å²) in [6.45, 7) is 1.93. The second-order valence-electron chi connectivity index (χ2n) is 8.02.